The number of hydrogen-bond acceptors (Lipinski definition) is 4. The number of ether oxygens (including phenoxy) is 1. The van der Waals surface area contributed by atoms with E-state index in [2.05, 4.69) is 10.2 Å². The Hall–Kier alpha value is -0.160. The van der Waals surface area contributed by atoms with Crippen molar-refractivity contribution < 1.29 is 9.84 Å². The van der Waals surface area contributed by atoms with Crippen molar-refractivity contribution in [1.29, 1.82) is 0 Å². The summed E-state index contributed by atoms with van der Waals surface area (Å²) in [6.45, 7) is 3.79. The molecule has 2 atom stereocenters. The Morgan fingerprint density at radius 3 is 2.50 bits per heavy atom. The summed E-state index contributed by atoms with van der Waals surface area (Å²) in [6, 6.07) is 0.327. The topological polar surface area (TPSA) is 44.7 Å². The van der Waals surface area contributed by atoms with Crippen LogP contribution in [0, 0.1) is 0 Å². The summed E-state index contributed by atoms with van der Waals surface area (Å²) >= 11 is 0. The summed E-state index contributed by atoms with van der Waals surface area (Å²) in [5, 5.41) is 13.0. The van der Waals surface area contributed by atoms with E-state index in [1.165, 1.54) is 0 Å². The first kappa shape index (κ1) is 10.4. The average Bonchev–Trinajstić information content (AvgIpc) is 2.65. The maximum atomic E-state index is 9.73. The van der Waals surface area contributed by atoms with Gasteiger partial charge in [-0.05, 0) is 12.8 Å². The molecule has 2 fully saturated rings. The Balaban J connectivity index is 1.82. The third kappa shape index (κ3) is 2.08. The van der Waals surface area contributed by atoms with Crippen LogP contribution in [0.2, 0.25) is 0 Å². The van der Waals surface area contributed by atoms with Gasteiger partial charge in [0.2, 0.25) is 0 Å². The maximum Gasteiger partial charge on any atom is 0.0831 e. The molecule has 0 aromatic heterocycles. The van der Waals surface area contributed by atoms with Crippen molar-refractivity contribution >= 4 is 0 Å². The van der Waals surface area contributed by atoms with E-state index in [4.69, 9.17) is 4.74 Å². The van der Waals surface area contributed by atoms with Crippen molar-refractivity contribution in [2.24, 2.45) is 0 Å². The number of β-amino-alcohol motifs (C(OH)–C–C–N with tert-alkyl or cyclic N) is 1. The van der Waals surface area contributed by atoms with Gasteiger partial charge in [-0.25, -0.2) is 0 Å². The fraction of sp³-hybridized carbons (Fsp3) is 1.00. The maximum absolute atomic E-state index is 9.73. The number of likely N-dealkylation sites (tertiary alicyclic amines) is 1. The lowest BCUT2D eigenvalue weighted by molar-refractivity contribution is 0.00790. The minimum Gasteiger partial charge on any atom is -0.390 e. The highest BCUT2D eigenvalue weighted by molar-refractivity contribution is 4.90. The molecule has 82 valence electrons. The van der Waals surface area contributed by atoms with Gasteiger partial charge in [-0.1, -0.05) is 0 Å². The third-order valence-electron chi connectivity index (χ3n) is 3.43. The van der Waals surface area contributed by atoms with Crippen LogP contribution in [0.4, 0.5) is 0 Å². The number of aliphatic hydroxyl groups excluding tert-OH is 1. The van der Waals surface area contributed by atoms with Crippen LogP contribution in [-0.2, 0) is 4.74 Å². The van der Waals surface area contributed by atoms with Gasteiger partial charge in [0.15, 0.2) is 0 Å². The van der Waals surface area contributed by atoms with Crippen LogP contribution in [0.25, 0.3) is 0 Å². The zero-order chi connectivity index (χ0) is 9.97. The predicted molar refractivity (Wildman–Crippen MR) is 54.3 cm³/mol. The summed E-state index contributed by atoms with van der Waals surface area (Å²) < 4.78 is 5.32. The standard InChI is InChI=1S/C10H20N2O2/c1-14-8-2-4-12(5-3-8)9-6-11-7-10(9)13/h8-11,13H,2-7H2,1H3/t9-,10-/m1/s1. The van der Waals surface area contributed by atoms with Crippen LogP contribution in [0.15, 0.2) is 0 Å². The largest absolute Gasteiger partial charge is 0.390 e. The molecule has 2 rings (SSSR count). The van der Waals surface area contributed by atoms with Crippen LogP contribution in [-0.4, -0.2) is 61.5 Å². The summed E-state index contributed by atoms with van der Waals surface area (Å²) in [5.41, 5.74) is 0. The van der Waals surface area contributed by atoms with E-state index in [0.717, 1.165) is 39.0 Å². The highest BCUT2D eigenvalue weighted by Crippen LogP contribution is 2.18. The first-order chi connectivity index (χ1) is 6.81. The zero-order valence-corrected chi connectivity index (χ0v) is 8.78. The molecule has 2 saturated heterocycles. The number of nitrogens with one attached hydrogen (secondary N) is 1. The molecule has 4 heteroatoms. The molecule has 14 heavy (non-hydrogen) atoms. The Morgan fingerprint density at radius 2 is 2.00 bits per heavy atom. The van der Waals surface area contributed by atoms with Crippen molar-refractivity contribution in [2.45, 2.75) is 31.1 Å². The summed E-state index contributed by atoms with van der Waals surface area (Å²) in [5.74, 6) is 0. The van der Waals surface area contributed by atoms with Crippen molar-refractivity contribution in [3.63, 3.8) is 0 Å². The molecule has 2 N–H and O–H groups in total. The van der Waals surface area contributed by atoms with Crippen LogP contribution >= 0.6 is 0 Å². The van der Waals surface area contributed by atoms with Crippen molar-refractivity contribution in [3.05, 3.63) is 0 Å². The van der Waals surface area contributed by atoms with Gasteiger partial charge in [-0.2, -0.15) is 0 Å². The molecule has 0 amide bonds. The van der Waals surface area contributed by atoms with Crippen molar-refractivity contribution in [1.82, 2.24) is 10.2 Å². The van der Waals surface area contributed by atoms with Gasteiger partial charge in [0, 0.05) is 39.3 Å². The third-order valence-corrected chi connectivity index (χ3v) is 3.43. The Morgan fingerprint density at radius 1 is 1.29 bits per heavy atom. The molecule has 0 aromatic rings. The number of piperidine rings is 1. The fourth-order valence-corrected chi connectivity index (χ4v) is 2.47. The predicted octanol–water partition coefficient (Wildman–Crippen LogP) is -0.570. The highest BCUT2D eigenvalue weighted by Gasteiger charge is 2.32. The van der Waals surface area contributed by atoms with E-state index >= 15 is 0 Å². The summed E-state index contributed by atoms with van der Waals surface area (Å²) in [7, 11) is 1.78. The second kappa shape index (κ2) is 4.57. The quantitative estimate of drug-likeness (QED) is 0.626. The summed E-state index contributed by atoms with van der Waals surface area (Å²) in [6.07, 6.45) is 2.44. The first-order valence-electron chi connectivity index (χ1n) is 5.47. The van der Waals surface area contributed by atoms with Crippen molar-refractivity contribution in [3.8, 4) is 0 Å². The molecule has 0 aliphatic carbocycles. The second-order valence-electron chi connectivity index (χ2n) is 4.26. The fourth-order valence-electron chi connectivity index (χ4n) is 2.47. The Labute approximate surface area is 85.2 Å². The van der Waals surface area contributed by atoms with Gasteiger partial charge < -0.3 is 15.2 Å². The number of aliphatic hydroxyl groups is 1. The number of rotatable bonds is 2. The molecule has 0 aromatic carbocycles. The first-order valence-corrected chi connectivity index (χ1v) is 5.47. The summed E-state index contributed by atoms with van der Waals surface area (Å²) in [4.78, 5) is 2.39. The van der Waals surface area contributed by atoms with Gasteiger partial charge in [-0.15, -0.1) is 0 Å². The molecule has 0 saturated carbocycles. The molecule has 0 unspecified atom stereocenters. The molecular weight excluding hydrogens is 180 g/mol. The second-order valence-corrected chi connectivity index (χ2v) is 4.26. The van der Waals surface area contributed by atoms with E-state index < -0.39 is 0 Å². The smallest absolute Gasteiger partial charge is 0.0831 e. The molecule has 2 aliphatic heterocycles. The van der Waals surface area contributed by atoms with Crippen LogP contribution in [0.1, 0.15) is 12.8 Å². The Kier molecular flexibility index (Phi) is 3.38. The Bertz CT molecular complexity index is 181. The van der Waals surface area contributed by atoms with Crippen molar-refractivity contribution in [2.75, 3.05) is 33.3 Å². The van der Waals surface area contributed by atoms with Crippen LogP contribution in [0.3, 0.4) is 0 Å². The van der Waals surface area contributed by atoms with Gasteiger partial charge in [0.25, 0.3) is 0 Å². The van der Waals surface area contributed by atoms with Crippen LogP contribution in [0.5, 0.6) is 0 Å². The molecule has 0 spiro atoms. The van der Waals surface area contributed by atoms with E-state index in [1.54, 1.807) is 7.11 Å². The number of methoxy groups -OCH3 is 1. The van der Waals surface area contributed by atoms with Gasteiger partial charge in [0.05, 0.1) is 12.2 Å². The molecular formula is C10H20N2O2. The minimum atomic E-state index is -0.186. The number of hydrogen-bond donors (Lipinski definition) is 2. The monoisotopic (exact) mass is 200 g/mol. The molecule has 4 nitrogen and oxygen atoms in total. The highest BCUT2D eigenvalue weighted by atomic mass is 16.5. The van der Waals surface area contributed by atoms with Gasteiger partial charge in [-0.3, -0.25) is 4.90 Å². The molecule has 2 heterocycles. The van der Waals surface area contributed by atoms with Gasteiger partial charge >= 0.3 is 0 Å². The number of nitrogens with zero attached hydrogens (tertiary/aromatic N) is 1. The van der Waals surface area contributed by atoms with E-state index in [9.17, 15) is 5.11 Å². The molecule has 0 radical (unpaired) electrons. The normalized spacial score (nSPS) is 36.4. The average molecular weight is 200 g/mol. The molecule has 0 bridgehead atoms. The SMILES string of the molecule is COC1CCN([C@@H]2CNC[C@H]2O)CC1. The lowest BCUT2D eigenvalue weighted by Gasteiger charge is -2.36. The van der Waals surface area contributed by atoms with E-state index in [1.807, 2.05) is 0 Å². The van der Waals surface area contributed by atoms with Crippen LogP contribution < -0.4 is 5.32 Å². The van der Waals surface area contributed by atoms with Gasteiger partial charge in [0.1, 0.15) is 0 Å². The van der Waals surface area contributed by atoms with E-state index in [0.29, 0.717) is 12.1 Å². The lowest BCUT2D eigenvalue weighted by atomic mass is 10.0. The zero-order valence-electron chi connectivity index (χ0n) is 8.78. The molecule has 2 aliphatic rings. The van der Waals surface area contributed by atoms with E-state index in [-0.39, 0.29) is 6.10 Å². The lowest BCUT2D eigenvalue weighted by Crippen LogP contribution is -2.48. The minimum absolute atomic E-state index is 0.186.